The van der Waals surface area contributed by atoms with Crippen molar-refractivity contribution in [2.24, 2.45) is 4.99 Å². The molecule has 7 nitrogen and oxygen atoms in total. The lowest BCUT2D eigenvalue weighted by atomic mass is 9.90. The minimum atomic E-state index is -0.708. The van der Waals surface area contributed by atoms with Crippen LogP contribution in [0.4, 0.5) is 15.8 Å². The molecule has 0 aromatic heterocycles. The number of methoxy groups -OCH3 is 1. The van der Waals surface area contributed by atoms with Crippen LogP contribution in [-0.4, -0.2) is 50.2 Å². The van der Waals surface area contributed by atoms with Gasteiger partial charge in [0.25, 0.3) is 0 Å². The van der Waals surface area contributed by atoms with Crippen LogP contribution in [0.25, 0.3) is 0 Å². The van der Waals surface area contributed by atoms with Crippen LogP contribution in [0.1, 0.15) is 28.2 Å². The molecule has 0 saturated heterocycles. The lowest BCUT2D eigenvalue weighted by molar-refractivity contribution is -0.124. The molecule has 0 fully saturated rings. The van der Waals surface area contributed by atoms with Crippen molar-refractivity contribution in [1.29, 1.82) is 0 Å². The Bertz CT molecular complexity index is 1290. The third kappa shape index (κ3) is 6.02. The van der Waals surface area contributed by atoms with Crippen molar-refractivity contribution in [1.82, 2.24) is 10.2 Å². The summed E-state index contributed by atoms with van der Waals surface area (Å²) < 4.78 is 18.7. The number of hydrogen-bond donors (Lipinski definition) is 2. The minimum absolute atomic E-state index is 0.0220. The number of benzene rings is 3. The van der Waals surface area contributed by atoms with Crippen molar-refractivity contribution in [3.05, 3.63) is 94.8 Å². The van der Waals surface area contributed by atoms with Gasteiger partial charge in [-0.2, -0.15) is 0 Å². The Labute approximate surface area is 210 Å². The summed E-state index contributed by atoms with van der Waals surface area (Å²) in [6, 6.07) is 19.7. The minimum Gasteiger partial charge on any atom is -0.375 e. The van der Waals surface area contributed by atoms with Crippen molar-refractivity contribution in [2.45, 2.75) is 19.0 Å². The van der Waals surface area contributed by atoms with Gasteiger partial charge in [-0.25, -0.2) is 4.39 Å². The molecule has 2 N–H and O–H groups in total. The van der Waals surface area contributed by atoms with Gasteiger partial charge in [-0.3, -0.25) is 14.6 Å². The molecule has 3 aromatic rings. The number of hydrogen-bond acceptors (Lipinski definition) is 5. The molecule has 4 rings (SSSR count). The number of rotatable bonds is 9. The lowest BCUT2D eigenvalue weighted by Gasteiger charge is -2.16. The van der Waals surface area contributed by atoms with Gasteiger partial charge in [-0.05, 0) is 66.7 Å². The highest BCUT2D eigenvalue weighted by molar-refractivity contribution is 6.24. The number of nitrogens with zero attached hydrogens (tertiary/aromatic N) is 2. The van der Waals surface area contributed by atoms with Crippen LogP contribution in [0, 0.1) is 5.82 Å². The molecular weight excluding hydrogens is 459 g/mol. The first-order valence-corrected chi connectivity index (χ1v) is 11.6. The van der Waals surface area contributed by atoms with Crippen molar-refractivity contribution in [2.75, 3.05) is 33.1 Å². The summed E-state index contributed by atoms with van der Waals surface area (Å²) in [5, 5.41) is 5.60. The summed E-state index contributed by atoms with van der Waals surface area (Å²) in [6.07, 6.45) is 0. The first kappa shape index (κ1) is 25.2. The van der Waals surface area contributed by atoms with E-state index in [0.717, 1.165) is 23.2 Å². The van der Waals surface area contributed by atoms with Crippen molar-refractivity contribution < 1.29 is 18.7 Å². The van der Waals surface area contributed by atoms with Crippen LogP contribution < -0.4 is 10.6 Å². The topological polar surface area (TPSA) is 83.0 Å². The number of carbonyl (C=O) groups excluding carboxylic acids is 2. The third-order valence-corrected chi connectivity index (χ3v) is 5.79. The molecule has 1 heterocycles. The van der Waals surface area contributed by atoms with Crippen LogP contribution in [0.2, 0.25) is 0 Å². The normalized spacial score (nSPS) is 15.1. The van der Waals surface area contributed by atoms with E-state index >= 15 is 0 Å². The fourth-order valence-electron chi connectivity index (χ4n) is 4.21. The van der Waals surface area contributed by atoms with Gasteiger partial charge in [-0.1, -0.05) is 36.4 Å². The van der Waals surface area contributed by atoms with E-state index in [1.54, 1.807) is 6.07 Å². The van der Waals surface area contributed by atoms with E-state index in [1.165, 1.54) is 19.2 Å². The van der Waals surface area contributed by atoms with Crippen LogP contribution in [0.15, 0.2) is 71.7 Å². The summed E-state index contributed by atoms with van der Waals surface area (Å²) >= 11 is 0. The first-order chi connectivity index (χ1) is 17.3. The van der Waals surface area contributed by atoms with E-state index in [-0.39, 0.29) is 18.4 Å². The van der Waals surface area contributed by atoms with Gasteiger partial charge in [0.2, 0.25) is 11.8 Å². The molecule has 0 spiro atoms. The highest BCUT2D eigenvalue weighted by atomic mass is 19.1. The summed E-state index contributed by atoms with van der Waals surface area (Å²) in [5.41, 5.74) is 5.10. The number of aliphatic imine (C=N–C) groups is 1. The molecule has 1 atom stereocenters. The standard InChI is InChI=1S/C28H29FN4O3/c1-33(2)16-18-7-10-22(11-8-18)31-27(26-23-12-9-21(29)14-24(23)32-28(26)35)20-6-4-5-19(13-20)15-30-25(34)17-36-3/h4-14,26H,15-17H2,1-3H3,(H,30,34)(H,32,35). The smallest absolute Gasteiger partial charge is 0.246 e. The van der Waals surface area contributed by atoms with Gasteiger partial charge in [-0.15, -0.1) is 0 Å². The highest BCUT2D eigenvalue weighted by Crippen LogP contribution is 2.36. The second-order valence-corrected chi connectivity index (χ2v) is 8.97. The zero-order chi connectivity index (χ0) is 25.7. The van der Waals surface area contributed by atoms with E-state index in [2.05, 4.69) is 15.5 Å². The molecule has 0 radical (unpaired) electrons. The van der Waals surface area contributed by atoms with Gasteiger partial charge < -0.3 is 20.3 Å². The Kier molecular flexibility index (Phi) is 7.87. The molecule has 186 valence electrons. The fraction of sp³-hybridized carbons (Fsp3) is 0.250. The zero-order valence-electron chi connectivity index (χ0n) is 20.5. The monoisotopic (exact) mass is 488 g/mol. The van der Waals surface area contributed by atoms with Crippen molar-refractivity contribution >= 4 is 28.9 Å². The number of fused-ring (bicyclic) bond motifs is 1. The van der Waals surface area contributed by atoms with E-state index in [1.807, 2.05) is 62.6 Å². The maximum Gasteiger partial charge on any atom is 0.246 e. The van der Waals surface area contributed by atoms with Crippen LogP contribution >= 0.6 is 0 Å². The Morgan fingerprint density at radius 3 is 2.58 bits per heavy atom. The number of amides is 2. The largest absolute Gasteiger partial charge is 0.375 e. The summed E-state index contributed by atoms with van der Waals surface area (Å²) in [4.78, 5) is 31.9. The molecule has 1 unspecified atom stereocenters. The van der Waals surface area contributed by atoms with Crippen LogP contribution in [-0.2, 0) is 27.4 Å². The fourth-order valence-corrected chi connectivity index (χ4v) is 4.21. The van der Waals surface area contributed by atoms with Crippen molar-refractivity contribution in [3.8, 4) is 0 Å². The summed E-state index contributed by atoms with van der Waals surface area (Å²) in [6.45, 7) is 1.09. The number of ether oxygens (including phenoxy) is 1. The summed E-state index contributed by atoms with van der Waals surface area (Å²) in [5.74, 6) is -1.61. The van der Waals surface area contributed by atoms with E-state index < -0.39 is 11.7 Å². The Morgan fingerprint density at radius 2 is 1.86 bits per heavy atom. The maximum absolute atomic E-state index is 13.8. The lowest BCUT2D eigenvalue weighted by Crippen LogP contribution is -2.26. The van der Waals surface area contributed by atoms with Gasteiger partial charge >= 0.3 is 0 Å². The SMILES string of the molecule is COCC(=O)NCc1cccc(C(=Nc2ccc(CN(C)C)cc2)C2C(=O)Nc3cc(F)ccc32)c1. The molecule has 0 saturated carbocycles. The maximum atomic E-state index is 13.8. The second-order valence-electron chi connectivity index (χ2n) is 8.97. The molecule has 0 bridgehead atoms. The van der Waals surface area contributed by atoms with E-state index in [9.17, 15) is 14.0 Å². The molecule has 1 aliphatic rings. The average Bonchev–Trinajstić information content (AvgIpc) is 3.16. The third-order valence-electron chi connectivity index (χ3n) is 5.79. The number of anilines is 1. The molecule has 1 aliphatic heterocycles. The number of halogens is 1. The molecule has 3 aromatic carbocycles. The molecular formula is C28H29FN4O3. The Morgan fingerprint density at radius 1 is 1.08 bits per heavy atom. The molecule has 0 aliphatic carbocycles. The summed E-state index contributed by atoms with van der Waals surface area (Å²) in [7, 11) is 5.48. The van der Waals surface area contributed by atoms with Crippen LogP contribution in [0.5, 0.6) is 0 Å². The van der Waals surface area contributed by atoms with Gasteiger partial charge in [0.15, 0.2) is 0 Å². The van der Waals surface area contributed by atoms with E-state index in [0.29, 0.717) is 29.2 Å². The predicted molar refractivity (Wildman–Crippen MR) is 138 cm³/mol. The second kappa shape index (κ2) is 11.2. The molecule has 2 amide bonds. The zero-order valence-corrected chi connectivity index (χ0v) is 20.5. The van der Waals surface area contributed by atoms with Gasteiger partial charge in [0.05, 0.1) is 11.4 Å². The predicted octanol–water partition coefficient (Wildman–Crippen LogP) is 4.01. The first-order valence-electron chi connectivity index (χ1n) is 11.6. The van der Waals surface area contributed by atoms with Crippen molar-refractivity contribution in [3.63, 3.8) is 0 Å². The number of carbonyl (C=O) groups is 2. The van der Waals surface area contributed by atoms with E-state index in [4.69, 9.17) is 9.73 Å². The Hall–Kier alpha value is -3.88. The Balaban J connectivity index is 1.73. The molecule has 36 heavy (non-hydrogen) atoms. The van der Waals surface area contributed by atoms with Gasteiger partial charge in [0, 0.05) is 25.9 Å². The highest BCUT2D eigenvalue weighted by Gasteiger charge is 2.35. The van der Waals surface area contributed by atoms with Crippen LogP contribution in [0.3, 0.4) is 0 Å². The number of nitrogens with one attached hydrogen (secondary N) is 2. The average molecular weight is 489 g/mol. The van der Waals surface area contributed by atoms with Gasteiger partial charge in [0.1, 0.15) is 18.3 Å². The molecule has 8 heteroatoms. The quantitative estimate of drug-likeness (QED) is 0.446.